The van der Waals surface area contributed by atoms with Crippen LogP contribution in [0.4, 0.5) is 0 Å². The monoisotopic (exact) mass is 694 g/mol. The molecular weight excluding hydrogens is 627 g/mol. The highest BCUT2D eigenvalue weighted by Crippen LogP contribution is 2.36. The zero-order chi connectivity index (χ0) is 35.4. The summed E-state index contributed by atoms with van der Waals surface area (Å²) in [6, 6.07) is 0. The van der Waals surface area contributed by atoms with Crippen molar-refractivity contribution in [1.29, 1.82) is 0 Å². The Bertz CT molecular complexity index is 963. The molecule has 0 aliphatic heterocycles. The molecule has 0 rings (SSSR count). The number of esters is 2. The van der Waals surface area contributed by atoms with E-state index in [0.29, 0.717) is 6.42 Å². The van der Waals surface area contributed by atoms with E-state index >= 15 is 0 Å². The molecule has 9 heteroatoms. The molecule has 0 amide bonds. The third-order valence-corrected chi connectivity index (χ3v) is 8.10. The second-order valence-electron chi connectivity index (χ2n) is 12.3. The summed E-state index contributed by atoms with van der Waals surface area (Å²) in [5.41, 5.74) is 0. The van der Waals surface area contributed by atoms with Gasteiger partial charge < -0.3 is 19.3 Å². The van der Waals surface area contributed by atoms with Crippen molar-refractivity contribution in [2.24, 2.45) is 0 Å². The molecule has 0 fully saturated rings. The second kappa shape index (κ2) is 34.6. The largest absolute Gasteiger partial charge is 0.469 e. The first kappa shape index (κ1) is 45.8. The molecule has 0 aliphatic rings. The average Bonchev–Trinajstić information content (AvgIpc) is 3.05. The Hall–Kier alpha value is -2.25. The van der Waals surface area contributed by atoms with Crippen LogP contribution in [0.15, 0.2) is 60.8 Å². The number of carbonyl (C=O) groups is 2. The van der Waals surface area contributed by atoms with Gasteiger partial charge in [-0.1, -0.05) is 152 Å². The third kappa shape index (κ3) is 36.6. The summed E-state index contributed by atoms with van der Waals surface area (Å²) in [5, 5.41) is 0. The van der Waals surface area contributed by atoms with E-state index in [1.807, 2.05) is 36.5 Å². The van der Waals surface area contributed by atoms with Crippen LogP contribution in [0, 0.1) is 0 Å². The molecule has 0 aromatic rings. The fourth-order valence-electron chi connectivity index (χ4n) is 4.83. The Morgan fingerprint density at radius 2 is 1.02 bits per heavy atom. The zero-order valence-electron chi connectivity index (χ0n) is 30.1. The summed E-state index contributed by atoms with van der Waals surface area (Å²) in [7, 11) is -4.76. The SMILES string of the molecule is CC/C=C/C=C/C=C/C=C/CCCCCCCC(=O)O[C@H](COC(=O)CCCCCCCCCCC/C=C/CCCC)COP(=O)(O)O. The summed E-state index contributed by atoms with van der Waals surface area (Å²) < 4.78 is 26.3. The molecule has 0 bridgehead atoms. The molecule has 8 nitrogen and oxygen atoms in total. The first-order chi connectivity index (χ1) is 23.3. The van der Waals surface area contributed by atoms with Gasteiger partial charge in [0.05, 0.1) is 6.61 Å². The molecule has 48 heavy (non-hydrogen) atoms. The van der Waals surface area contributed by atoms with Crippen LogP contribution >= 0.6 is 7.82 Å². The minimum atomic E-state index is -4.76. The minimum absolute atomic E-state index is 0.183. The molecule has 0 saturated carbocycles. The van der Waals surface area contributed by atoms with Crippen LogP contribution in [0.5, 0.6) is 0 Å². The molecule has 0 radical (unpaired) electrons. The number of allylic oxidation sites excluding steroid dienone is 10. The second-order valence-corrected chi connectivity index (χ2v) is 13.5. The van der Waals surface area contributed by atoms with E-state index in [1.54, 1.807) is 0 Å². The number of ether oxygens (including phenoxy) is 2. The molecule has 0 unspecified atom stereocenters. The number of hydrogen-bond acceptors (Lipinski definition) is 6. The van der Waals surface area contributed by atoms with Gasteiger partial charge >= 0.3 is 19.8 Å². The van der Waals surface area contributed by atoms with Gasteiger partial charge in [0.1, 0.15) is 6.61 Å². The Kier molecular flexibility index (Phi) is 33.0. The first-order valence-corrected chi connectivity index (χ1v) is 20.2. The third-order valence-electron chi connectivity index (χ3n) is 7.61. The van der Waals surface area contributed by atoms with Gasteiger partial charge in [-0.2, -0.15) is 0 Å². The van der Waals surface area contributed by atoms with E-state index < -0.39 is 32.5 Å². The van der Waals surface area contributed by atoms with E-state index in [9.17, 15) is 14.2 Å². The van der Waals surface area contributed by atoms with E-state index in [1.165, 1.54) is 57.8 Å². The molecule has 1 atom stereocenters. The van der Waals surface area contributed by atoms with Crippen LogP contribution in [0.1, 0.15) is 155 Å². The van der Waals surface area contributed by atoms with Crippen molar-refractivity contribution < 1.29 is 37.9 Å². The first-order valence-electron chi connectivity index (χ1n) is 18.6. The van der Waals surface area contributed by atoms with Crippen molar-refractivity contribution in [3.63, 3.8) is 0 Å². The molecule has 2 N–H and O–H groups in total. The van der Waals surface area contributed by atoms with Crippen LogP contribution in [0.2, 0.25) is 0 Å². The Morgan fingerprint density at radius 3 is 1.56 bits per heavy atom. The Labute approximate surface area is 292 Å². The summed E-state index contributed by atoms with van der Waals surface area (Å²) in [4.78, 5) is 42.7. The molecule has 0 saturated heterocycles. The van der Waals surface area contributed by atoms with Gasteiger partial charge in [0.2, 0.25) is 0 Å². The predicted molar refractivity (Wildman–Crippen MR) is 197 cm³/mol. The van der Waals surface area contributed by atoms with Gasteiger partial charge in [0.15, 0.2) is 6.10 Å². The smallest absolute Gasteiger partial charge is 0.462 e. The molecule has 0 spiro atoms. The zero-order valence-corrected chi connectivity index (χ0v) is 31.0. The van der Waals surface area contributed by atoms with Crippen LogP contribution in [0.3, 0.4) is 0 Å². The maximum atomic E-state index is 12.3. The Balaban J connectivity index is 4.02. The van der Waals surface area contributed by atoms with E-state index in [4.69, 9.17) is 19.3 Å². The average molecular weight is 695 g/mol. The predicted octanol–water partition coefficient (Wildman–Crippen LogP) is 11.0. The number of rotatable bonds is 33. The topological polar surface area (TPSA) is 119 Å². The minimum Gasteiger partial charge on any atom is -0.462 e. The van der Waals surface area contributed by atoms with Crippen molar-refractivity contribution in [1.82, 2.24) is 0 Å². The molecule has 276 valence electrons. The van der Waals surface area contributed by atoms with Gasteiger partial charge in [0, 0.05) is 12.8 Å². The van der Waals surface area contributed by atoms with Gasteiger partial charge in [-0.05, 0) is 51.4 Å². The normalized spacial score (nSPS) is 13.2. The van der Waals surface area contributed by atoms with Crippen LogP contribution in [0.25, 0.3) is 0 Å². The molecule has 0 aliphatic carbocycles. The molecule has 0 aromatic heterocycles. The lowest BCUT2D eigenvalue weighted by atomic mass is 10.1. The molecular formula is C39H67O8P. The number of carbonyl (C=O) groups excluding carboxylic acids is 2. The lowest BCUT2D eigenvalue weighted by molar-refractivity contribution is -0.161. The number of phosphoric ester groups is 1. The maximum Gasteiger partial charge on any atom is 0.469 e. The Morgan fingerprint density at radius 1 is 0.562 bits per heavy atom. The summed E-state index contributed by atoms with van der Waals surface area (Å²) in [6.07, 6.45) is 42.2. The summed E-state index contributed by atoms with van der Waals surface area (Å²) in [6.45, 7) is 3.48. The maximum absolute atomic E-state index is 12.3. The van der Waals surface area contributed by atoms with Crippen molar-refractivity contribution in [2.45, 2.75) is 161 Å². The standard InChI is InChI=1S/C39H67O8P/c1-3-5-7-9-11-13-15-17-19-21-23-25-27-29-31-33-38(40)45-35-37(36-46-48(42,43)44)47-39(41)34-32-30-28-26-24-22-20-18-16-14-12-10-8-6-4-2/h6,8-12,14,16,18,20,37H,3-5,7,13,15,17,19,21-36H2,1-2H3,(H2,42,43,44)/b8-6+,11-9+,12-10+,16-14+,20-18+/t37-/m1/s1. The fourth-order valence-corrected chi connectivity index (χ4v) is 5.19. The van der Waals surface area contributed by atoms with Crippen molar-refractivity contribution >= 4 is 19.8 Å². The lowest BCUT2D eigenvalue weighted by Gasteiger charge is -2.18. The highest BCUT2D eigenvalue weighted by molar-refractivity contribution is 7.46. The number of phosphoric acid groups is 1. The van der Waals surface area contributed by atoms with Gasteiger partial charge in [0.25, 0.3) is 0 Å². The number of hydrogen-bond donors (Lipinski definition) is 2. The van der Waals surface area contributed by atoms with Crippen LogP contribution < -0.4 is 0 Å². The molecule has 0 heterocycles. The summed E-state index contributed by atoms with van der Waals surface area (Å²) >= 11 is 0. The molecule has 0 aromatic carbocycles. The van der Waals surface area contributed by atoms with E-state index in [2.05, 4.69) is 42.7 Å². The highest BCUT2D eigenvalue weighted by Gasteiger charge is 2.22. The van der Waals surface area contributed by atoms with Gasteiger partial charge in [-0.15, -0.1) is 0 Å². The summed E-state index contributed by atoms with van der Waals surface area (Å²) in [5.74, 6) is -0.919. The fraction of sp³-hybridized carbons (Fsp3) is 0.692. The van der Waals surface area contributed by atoms with E-state index in [-0.39, 0.29) is 19.4 Å². The van der Waals surface area contributed by atoms with Gasteiger partial charge in [-0.25, -0.2) is 4.57 Å². The van der Waals surface area contributed by atoms with Gasteiger partial charge in [-0.3, -0.25) is 14.1 Å². The quantitative estimate of drug-likeness (QED) is 0.0229. The lowest BCUT2D eigenvalue weighted by Crippen LogP contribution is -2.29. The van der Waals surface area contributed by atoms with Crippen molar-refractivity contribution in [3.05, 3.63) is 60.8 Å². The van der Waals surface area contributed by atoms with Crippen LogP contribution in [-0.2, 0) is 28.2 Å². The highest BCUT2D eigenvalue weighted by atomic mass is 31.2. The van der Waals surface area contributed by atoms with Crippen molar-refractivity contribution in [2.75, 3.05) is 13.2 Å². The van der Waals surface area contributed by atoms with Crippen molar-refractivity contribution in [3.8, 4) is 0 Å². The van der Waals surface area contributed by atoms with Crippen LogP contribution in [-0.4, -0.2) is 41.0 Å². The van der Waals surface area contributed by atoms with E-state index in [0.717, 1.165) is 64.2 Å². The number of unbranched alkanes of at least 4 members (excludes halogenated alkanes) is 16.